The highest BCUT2D eigenvalue weighted by atomic mass is 79.9. The van der Waals surface area contributed by atoms with Gasteiger partial charge in [0.05, 0.1) is 11.1 Å². The fourth-order valence-electron chi connectivity index (χ4n) is 3.79. The first-order chi connectivity index (χ1) is 16.3. The molecule has 0 aromatic heterocycles. The lowest BCUT2D eigenvalue weighted by Crippen LogP contribution is -2.47. The van der Waals surface area contributed by atoms with Crippen LogP contribution in [0.5, 0.6) is 0 Å². The van der Waals surface area contributed by atoms with Crippen LogP contribution < -0.4 is 5.32 Å². The highest BCUT2D eigenvalue weighted by molar-refractivity contribution is 9.10. The number of nitrogens with one attached hydrogen (secondary N) is 1. The van der Waals surface area contributed by atoms with E-state index in [0.717, 1.165) is 20.5 Å². The van der Waals surface area contributed by atoms with Crippen LogP contribution in [0.25, 0.3) is 0 Å². The number of fused-ring (bicyclic) bond motifs is 1. The zero-order valence-corrected chi connectivity index (χ0v) is 19.9. The molecule has 1 aliphatic heterocycles. The van der Waals surface area contributed by atoms with E-state index < -0.39 is 36.3 Å². The lowest BCUT2D eigenvalue weighted by atomic mass is 10.0. The third-order valence-corrected chi connectivity index (χ3v) is 5.98. The molecule has 0 saturated heterocycles. The van der Waals surface area contributed by atoms with Crippen molar-refractivity contribution in [3.8, 4) is 0 Å². The van der Waals surface area contributed by atoms with Crippen LogP contribution in [-0.2, 0) is 20.7 Å². The predicted octanol–water partition coefficient (Wildman–Crippen LogP) is 4.15. The number of carbonyl (C=O) groups is 4. The average Bonchev–Trinajstić information content (AvgIpc) is 3.08. The molecule has 3 amide bonds. The van der Waals surface area contributed by atoms with Crippen molar-refractivity contribution in [3.63, 3.8) is 0 Å². The molecule has 0 spiro atoms. The van der Waals surface area contributed by atoms with Crippen LogP contribution in [0.3, 0.4) is 0 Å². The van der Waals surface area contributed by atoms with Crippen molar-refractivity contribution in [1.82, 2.24) is 4.90 Å². The van der Waals surface area contributed by atoms with Gasteiger partial charge < -0.3 is 10.1 Å². The number of amides is 3. The Labute approximate surface area is 204 Å². The molecule has 3 aromatic rings. The number of esters is 1. The summed E-state index contributed by atoms with van der Waals surface area (Å²) in [5, 5.41) is 2.70. The van der Waals surface area contributed by atoms with Crippen LogP contribution in [0.2, 0.25) is 0 Å². The predicted molar refractivity (Wildman–Crippen MR) is 129 cm³/mol. The third kappa shape index (κ3) is 4.92. The number of carbonyl (C=O) groups excluding carboxylic acids is 4. The van der Waals surface area contributed by atoms with Gasteiger partial charge in [0.15, 0.2) is 6.61 Å². The number of aryl methyl sites for hydroxylation is 1. The summed E-state index contributed by atoms with van der Waals surface area (Å²) in [6, 6.07) is 19.6. The van der Waals surface area contributed by atoms with Gasteiger partial charge in [-0.25, -0.2) is 4.79 Å². The molecule has 0 bridgehead atoms. The van der Waals surface area contributed by atoms with Crippen molar-refractivity contribution in [2.75, 3.05) is 11.9 Å². The van der Waals surface area contributed by atoms with Gasteiger partial charge in [-0.05, 0) is 48.4 Å². The number of hydrogen-bond acceptors (Lipinski definition) is 5. The van der Waals surface area contributed by atoms with E-state index in [9.17, 15) is 19.2 Å². The van der Waals surface area contributed by atoms with Gasteiger partial charge in [-0.1, -0.05) is 58.4 Å². The Morgan fingerprint density at radius 3 is 2.18 bits per heavy atom. The smallest absolute Gasteiger partial charge is 0.330 e. The number of imide groups is 1. The summed E-state index contributed by atoms with van der Waals surface area (Å²) >= 11 is 3.37. The average molecular weight is 521 g/mol. The van der Waals surface area contributed by atoms with Crippen LogP contribution in [-0.4, -0.2) is 41.2 Å². The molecule has 4 rings (SSSR count). The largest absolute Gasteiger partial charge is 0.454 e. The summed E-state index contributed by atoms with van der Waals surface area (Å²) in [5.41, 5.74) is 2.65. The molecule has 0 saturated carbocycles. The van der Waals surface area contributed by atoms with Crippen molar-refractivity contribution >= 4 is 45.3 Å². The molecular formula is C26H21BrN2O5. The monoisotopic (exact) mass is 520 g/mol. The molecular weight excluding hydrogens is 500 g/mol. The third-order valence-electron chi connectivity index (χ3n) is 5.49. The van der Waals surface area contributed by atoms with E-state index in [4.69, 9.17) is 4.74 Å². The minimum atomic E-state index is -1.21. The van der Waals surface area contributed by atoms with E-state index in [1.807, 2.05) is 19.1 Å². The number of benzene rings is 3. The number of ether oxygens (including phenoxy) is 1. The standard InChI is InChI=1S/C26H21BrN2O5/c1-16-13-18(27)11-12-21(16)28-23(30)15-34-26(33)22(14-17-7-3-2-4-8-17)29-24(31)19-9-5-6-10-20(19)25(29)32/h2-13,22H,14-15H2,1H3,(H,28,30)/t22-/m0/s1. The van der Waals surface area contributed by atoms with Crippen molar-refractivity contribution < 1.29 is 23.9 Å². The van der Waals surface area contributed by atoms with E-state index in [-0.39, 0.29) is 17.5 Å². The fraction of sp³-hybridized carbons (Fsp3) is 0.154. The summed E-state index contributed by atoms with van der Waals surface area (Å²) in [6.45, 7) is 1.29. The second-order valence-electron chi connectivity index (χ2n) is 7.85. The van der Waals surface area contributed by atoms with Gasteiger partial charge in [-0.2, -0.15) is 0 Å². The molecule has 34 heavy (non-hydrogen) atoms. The fourth-order valence-corrected chi connectivity index (χ4v) is 4.27. The van der Waals surface area contributed by atoms with Crippen molar-refractivity contribution in [2.45, 2.75) is 19.4 Å². The van der Waals surface area contributed by atoms with Crippen molar-refractivity contribution in [1.29, 1.82) is 0 Å². The first-order valence-corrected chi connectivity index (χ1v) is 11.4. The Morgan fingerprint density at radius 2 is 1.56 bits per heavy atom. The summed E-state index contributed by atoms with van der Waals surface area (Å²) in [7, 11) is 0. The van der Waals surface area contributed by atoms with E-state index >= 15 is 0 Å². The Kier molecular flexibility index (Phi) is 6.88. The summed E-state index contributed by atoms with van der Waals surface area (Å²) in [4.78, 5) is 52.4. The van der Waals surface area contributed by atoms with E-state index in [1.54, 1.807) is 60.7 Å². The van der Waals surface area contributed by atoms with Crippen LogP contribution in [0.15, 0.2) is 77.3 Å². The summed E-state index contributed by atoms with van der Waals surface area (Å²) < 4.78 is 6.15. The minimum Gasteiger partial charge on any atom is -0.454 e. The Hall–Kier alpha value is -3.78. The Morgan fingerprint density at radius 1 is 0.941 bits per heavy atom. The van der Waals surface area contributed by atoms with Crippen LogP contribution in [0, 0.1) is 6.92 Å². The van der Waals surface area contributed by atoms with Gasteiger partial charge in [0.2, 0.25) is 0 Å². The maximum atomic E-state index is 13.1. The van der Waals surface area contributed by atoms with Crippen molar-refractivity contribution in [2.24, 2.45) is 0 Å². The minimum absolute atomic E-state index is 0.0680. The molecule has 172 valence electrons. The number of nitrogens with zero attached hydrogens (tertiary/aromatic N) is 1. The molecule has 0 fully saturated rings. The molecule has 1 atom stereocenters. The number of rotatable bonds is 7. The first kappa shape index (κ1) is 23.4. The second-order valence-corrected chi connectivity index (χ2v) is 8.76. The number of halogens is 1. The van der Waals surface area contributed by atoms with Crippen LogP contribution in [0.1, 0.15) is 31.8 Å². The lowest BCUT2D eigenvalue weighted by Gasteiger charge is -2.24. The summed E-state index contributed by atoms with van der Waals surface area (Å²) in [5.74, 6) is -2.48. The molecule has 8 heteroatoms. The van der Waals surface area contributed by atoms with E-state index in [1.165, 1.54) is 0 Å². The maximum absolute atomic E-state index is 13.1. The Bertz CT molecular complexity index is 1240. The van der Waals surface area contributed by atoms with Gasteiger partial charge in [0, 0.05) is 16.6 Å². The van der Waals surface area contributed by atoms with E-state index in [2.05, 4.69) is 21.2 Å². The quantitative estimate of drug-likeness (QED) is 0.373. The van der Waals surface area contributed by atoms with Crippen molar-refractivity contribution in [3.05, 3.63) is 99.5 Å². The molecule has 1 aliphatic rings. The van der Waals surface area contributed by atoms with Gasteiger partial charge in [0.25, 0.3) is 17.7 Å². The SMILES string of the molecule is Cc1cc(Br)ccc1NC(=O)COC(=O)[C@H](Cc1ccccc1)N1C(=O)c2ccccc2C1=O. The van der Waals surface area contributed by atoms with Gasteiger partial charge in [0.1, 0.15) is 6.04 Å². The molecule has 0 unspecified atom stereocenters. The van der Waals surface area contributed by atoms with Gasteiger partial charge >= 0.3 is 5.97 Å². The molecule has 0 radical (unpaired) electrons. The highest BCUT2D eigenvalue weighted by Crippen LogP contribution is 2.26. The molecule has 7 nitrogen and oxygen atoms in total. The molecule has 0 aliphatic carbocycles. The summed E-state index contributed by atoms with van der Waals surface area (Å²) in [6.07, 6.45) is 0.0680. The zero-order chi connectivity index (χ0) is 24.2. The zero-order valence-electron chi connectivity index (χ0n) is 18.3. The topological polar surface area (TPSA) is 92.8 Å². The molecule has 1 N–H and O–H groups in total. The van der Waals surface area contributed by atoms with Gasteiger partial charge in [-0.15, -0.1) is 0 Å². The lowest BCUT2D eigenvalue weighted by molar-refractivity contribution is -0.151. The second kappa shape index (κ2) is 10.0. The van der Waals surface area contributed by atoms with Crippen LogP contribution in [0.4, 0.5) is 5.69 Å². The molecule has 3 aromatic carbocycles. The highest BCUT2D eigenvalue weighted by Gasteiger charge is 2.43. The Balaban J connectivity index is 1.51. The first-order valence-electron chi connectivity index (χ1n) is 10.6. The number of hydrogen-bond donors (Lipinski definition) is 1. The number of anilines is 1. The molecule has 1 heterocycles. The van der Waals surface area contributed by atoms with E-state index in [0.29, 0.717) is 5.69 Å². The van der Waals surface area contributed by atoms with Crippen LogP contribution >= 0.6 is 15.9 Å². The normalized spacial score (nSPS) is 13.4. The maximum Gasteiger partial charge on any atom is 0.330 e. The van der Waals surface area contributed by atoms with Gasteiger partial charge in [-0.3, -0.25) is 19.3 Å².